The number of carbonyl (C=O) groups excluding carboxylic acids is 1. The molecule has 8 heteroatoms. The van der Waals surface area contributed by atoms with Crippen LogP contribution in [-0.4, -0.2) is 33.9 Å². The molecule has 6 nitrogen and oxygen atoms in total. The van der Waals surface area contributed by atoms with E-state index in [1.807, 2.05) is 66.9 Å². The molecule has 7 rings (SSSR count). The van der Waals surface area contributed by atoms with Gasteiger partial charge < -0.3 is 16.0 Å². The lowest BCUT2D eigenvalue weighted by molar-refractivity contribution is 0.0952. The molecule has 6 aromatic rings. The Kier molecular flexibility index (Phi) is 8.61. The van der Waals surface area contributed by atoms with Gasteiger partial charge in [0.2, 0.25) is 0 Å². The number of H-pyrrole nitrogens is 1. The molecule has 0 radical (unpaired) electrons. The van der Waals surface area contributed by atoms with Crippen molar-refractivity contribution < 1.29 is 4.79 Å². The van der Waals surface area contributed by atoms with Crippen LogP contribution in [0.15, 0.2) is 95.6 Å². The number of aromatic amines is 1. The fraction of sp³-hybridized carbons (Fsp3) is 0.158. The quantitative estimate of drug-likeness (QED) is 0.157. The van der Waals surface area contributed by atoms with Gasteiger partial charge in [-0.1, -0.05) is 87.9 Å². The van der Waals surface area contributed by atoms with Gasteiger partial charge in [-0.25, -0.2) is 4.98 Å². The second-order valence-corrected chi connectivity index (χ2v) is 12.9. The summed E-state index contributed by atoms with van der Waals surface area (Å²) in [5.74, 6) is 6.40. The van der Waals surface area contributed by atoms with Crippen molar-refractivity contribution in [3.05, 3.63) is 134 Å². The molecule has 0 unspecified atom stereocenters. The Morgan fingerprint density at radius 3 is 2.63 bits per heavy atom. The van der Waals surface area contributed by atoms with E-state index in [1.165, 1.54) is 11.1 Å². The van der Waals surface area contributed by atoms with Gasteiger partial charge >= 0.3 is 0 Å². The fourth-order valence-electron chi connectivity index (χ4n) is 5.98. The van der Waals surface area contributed by atoms with Crippen molar-refractivity contribution >= 4 is 55.2 Å². The number of nitrogens with one attached hydrogen (secondary N) is 2. The van der Waals surface area contributed by atoms with Crippen LogP contribution in [-0.2, 0) is 26.1 Å². The van der Waals surface area contributed by atoms with Crippen molar-refractivity contribution in [1.82, 2.24) is 20.2 Å². The highest BCUT2D eigenvalue weighted by molar-refractivity contribution is 9.10. The van der Waals surface area contributed by atoms with E-state index in [1.54, 1.807) is 0 Å². The highest BCUT2D eigenvalue weighted by Gasteiger charge is 2.18. The maximum absolute atomic E-state index is 13.9. The summed E-state index contributed by atoms with van der Waals surface area (Å²) < 4.78 is 0.959. The van der Waals surface area contributed by atoms with Gasteiger partial charge in [0.15, 0.2) is 0 Å². The van der Waals surface area contributed by atoms with Crippen molar-refractivity contribution in [3.63, 3.8) is 0 Å². The van der Waals surface area contributed by atoms with Crippen LogP contribution in [0.3, 0.4) is 0 Å². The summed E-state index contributed by atoms with van der Waals surface area (Å²) in [7, 11) is 0. The number of rotatable bonds is 6. The molecule has 0 saturated heterocycles. The lowest BCUT2D eigenvalue weighted by atomic mass is 10.00. The first-order valence-electron chi connectivity index (χ1n) is 15.2. The number of nitrogens with two attached hydrogens (primary N) is 1. The van der Waals surface area contributed by atoms with Gasteiger partial charge in [0.05, 0.1) is 28.3 Å². The summed E-state index contributed by atoms with van der Waals surface area (Å²) in [4.78, 5) is 24.5. The second-order valence-electron chi connectivity index (χ2n) is 11.5. The van der Waals surface area contributed by atoms with Gasteiger partial charge in [-0.15, -0.1) is 0 Å². The van der Waals surface area contributed by atoms with Crippen molar-refractivity contribution in [2.24, 2.45) is 5.73 Å². The number of amides is 1. The molecule has 0 aliphatic carbocycles. The molecule has 1 aliphatic heterocycles. The van der Waals surface area contributed by atoms with E-state index in [4.69, 9.17) is 22.3 Å². The molecule has 3 heterocycles. The van der Waals surface area contributed by atoms with Crippen LogP contribution in [0, 0.1) is 11.8 Å². The molecule has 1 amide bonds. The van der Waals surface area contributed by atoms with Crippen LogP contribution in [0.2, 0.25) is 5.02 Å². The van der Waals surface area contributed by atoms with E-state index in [2.05, 4.69) is 67.2 Å². The molecule has 4 aromatic carbocycles. The average Bonchev–Trinajstić information content (AvgIpc) is 3.50. The minimum Gasteiger partial charge on any atom is -0.360 e. The monoisotopic (exact) mass is 687 g/mol. The first-order chi connectivity index (χ1) is 22.4. The molecule has 0 fully saturated rings. The standard InChI is InChI=1S/C38H31BrClN5O/c39-29-11-12-35-31(17-29)33(22-42-35)36-18-32(38(46)43-21-25-9-7-24(20-41)8-10-25)30-16-27(34(40)19-37(30)44-36)6-3-14-45-15-13-26-4-1-2-5-28(26)23-45/h1-2,4-5,7-12,16-19,22,42H,13-15,20-21,23,41H2,(H,43,46). The lowest BCUT2D eigenvalue weighted by Gasteiger charge is -2.26. The average molecular weight is 689 g/mol. The third kappa shape index (κ3) is 6.31. The van der Waals surface area contributed by atoms with Gasteiger partial charge in [-0.05, 0) is 65.1 Å². The van der Waals surface area contributed by atoms with Gasteiger partial charge in [-0.3, -0.25) is 9.69 Å². The third-order valence-electron chi connectivity index (χ3n) is 8.51. The number of nitrogens with zero attached hydrogens (tertiary/aromatic N) is 2. The van der Waals surface area contributed by atoms with Crippen molar-refractivity contribution in [3.8, 4) is 23.1 Å². The molecular formula is C38H31BrClN5O. The minimum absolute atomic E-state index is 0.203. The Bertz CT molecular complexity index is 2160. The molecule has 228 valence electrons. The zero-order valence-corrected chi connectivity index (χ0v) is 27.4. The fourth-order valence-corrected chi connectivity index (χ4v) is 6.55. The van der Waals surface area contributed by atoms with Crippen LogP contribution in [0.25, 0.3) is 33.1 Å². The minimum atomic E-state index is -0.203. The molecule has 0 bridgehead atoms. The SMILES string of the molecule is NCc1ccc(CNC(=O)c2cc(-c3c[nH]c4ccc(Br)cc34)nc3cc(Cl)c(C#CCN4CCc5ccccc5C4)cc23)cc1. The zero-order valence-electron chi connectivity index (χ0n) is 25.0. The highest BCUT2D eigenvalue weighted by atomic mass is 79.9. The number of aromatic nitrogens is 2. The molecule has 0 spiro atoms. The molecule has 46 heavy (non-hydrogen) atoms. The lowest BCUT2D eigenvalue weighted by Crippen LogP contribution is -2.30. The smallest absolute Gasteiger partial charge is 0.252 e. The number of hydrogen-bond acceptors (Lipinski definition) is 4. The van der Waals surface area contributed by atoms with Gasteiger partial charge in [0, 0.05) is 64.3 Å². The Morgan fingerprint density at radius 1 is 1.00 bits per heavy atom. The van der Waals surface area contributed by atoms with E-state index in [0.29, 0.717) is 52.4 Å². The van der Waals surface area contributed by atoms with E-state index in [9.17, 15) is 4.79 Å². The summed E-state index contributed by atoms with van der Waals surface area (Å²) in [6, 6.07) is 28.1. The topological polar surface area (TPSA) is 87.0 Å². The predicted molar refractivity (Wildman–Crippen MR) is 190 cm³/mol. The highest BCUT2D eigenvalue weighted by Crippen LogP contribution is 2.34. The summed E-state index contributed by atoms with van der Waals surface area (Å²) in [6.07, 6.45) is 2.94. The number of fused-ring (bicyclic) bond motifs is 3. The first-order valence-corrected chi connectivity index (χ1v) is 16.4. The number of pyridine rings is 1. The Labute approximate surface area is 281 Å². The summed E-state index contributed by atoms with van der Waals surface area (Å²) >= 11 is 10.4. The largest absolute Gasteiger partial charge is 0.360 e. The summed E-state index contributed by atoms with van der Waals surface area (Å²) in [5, 5.41) is 5.30. The Balaban J connectivity index is 1.23. The Morgan fingerprint density at radius 2 is 1.80 bits per heavy atom. The third-order valence-corrected chi connectivity index (χ3v) is 9.32. The molecular weight excluding hydrogens is 658 g/mol. The number of benzene rings is 4. The maximum Gasteiger partial charge on any atom is 0.252 e. The predicted octanol–water partition coefficient (Wildman–Crippen LogP) is 7.60. The summed E-state index contributed by atoms with van der Waals surface area (Å²) in [5.41, 5.74) is 14.9. The van der Waals surface area contributed by atoms with Crippen LogP contribution in [0.5, 0.6) is 0 Å². The van der Waals surface area contributed by atoms with Crippen LogP contribution < -0.4 is 11.1 Å². The van der Waals surface area contributed by atoms with Crippen LogP contribution in [0.4, 0.5) is 0 Å². The molecule has 1 aliphatic rings. The second kappa shape index (κ2) is 13.1. The maximum atomic E-state index is 13.9. The first kappa shape index (κ1) is 30.2. The normalized spacial score (nSPS) is 12.9. The Hall–Kier alpha value is -4.45. The van der Waals surface area contributed by atoms with Crippen molar-refractivity contribution in [1.29, 1.82) is 0 Å². The van der Waals surface area contributed by atoms with Gasteiger partial charge in [0.1, 0.15) is 0 Å². The van der Waals surface area contributed by atoms with Gasteiger partial charge in [0.25, 0.3) is 5.91 Å². The van der Waals surface area contributed by atoms with Gasteiger partial charge in [-0.2, -0.15) is 0 Å². The molecule has 4 N–H and O–H groups in total. The van der Waals surface area contributed by atoms with E-state index in [0.717, 1.165) is 51.6 Å². The number of halogens is 2. The number of carbonyl (C=O) groups is 1. The van der Waals surface area contributed by atoms with E-state index >= 15 is 0 Å². The number of hydrogen-bond donors (Lipinski definition) is 3. The molecule has 0 saturated carbocycles. The van der Waals surface area contributed by atoms with Crippen LogP contribution in [0.1, 0.15) is 38.2 Å². The molecule has 2 aromatic heterocycles. The van der Waals surface area contributed by atoms with E-state index < -0.39 is 0 Å². The van der Waals surface area contributed by atoms with Crippen molar-refractivity contribution in [2.75, 3.05) is 13.1 Å². The van der Waals surface area contributed by atoms with Crippen LogP contribution >= 0.6 is 27.5 Å². The van der Waals surface area contributed by atoms with Crippen molar-refractivity contribution in [2.45, 2.75) is 26.1 Å². The zero-order chi connectivity index (χ0) is 31.6. The van der Waals surface area contributed by atoms with E-state index in [-0.39, 0.29) is 5.91 Å². The summed E-state index contributed by atoms with van der Waals surface area (Å²) in [6.45, 7) is 3.33. The molecule has 0 atom stereocenters.